The summed E-state index contributed by atoms with van der Waals surface area (Å²) in [4.78, 5) is 16.2. The van der Waals surface area contributed by atoms with Crippen LogP contribution in [0.1, 0.15) is 35.0 Å². The maximum Gasteiger partial charge on any atom is 0.267 e. The Hall–Kier alpha value is -2.41. The van der Waals surface area contributed by atoms with Crippen LogP contribution in [0.4, 0.5) is 11.4 Å². The number of carbonyl (C=O) groups excluding carboxylic acids is 1. The second-order valence-corrected chi connectivity index (χ2v) is 6.53. The van der Waals surface area contributed by atoms with Crippen molar-refractivity contribution < 1.29 is 4.79 Å². The third-order valence-electron chi connectivity index (χ3n) is 4.11. The number of thiazole rings is 1. The summed E-state index contributed by atoms with van der Waals surface area (Å²) >= 11 is 1.36. The normalized spacial score (nSPS) is 11.0. The molecule has 1 amide bonds. The number of fused-ring (bicyclic) bond motifs is 1. The Morgan fingerprint density at radius 1 is 1.17 bits per heavy atom. The Morgan fingerprint density at radius 3 is 2.42 bits per heavy atom. The number of nitrogens with zero attached hydrogens (tertiary/aromatic N) is 4. The smallest absolute Gasteiger partial charge is 0.267 e. The molecular weight excluding hydrogens is 322 g/mol. The molecule has 3 aromatic rings. The van der Waals surface area contributed by atoms with Crippen molar-refractivity contribution in [1.82, 2.24) is 14.6 Å². The van der Waals surface area contributed by atoms with Crippen LogP contribution in [0.25, 0.3) is 4.96 Å². The minimum Gasteiger partial charge on any atom is -0.372 e. The molecule has 126 valence electrons. The summed E-state index contributed by atoms with van der Waals surface area (Å²) in [6, 6.07) is 7.94. The number of benzene rings is 1. The van der Waals surface area contributed by atoms with Gasteiger partial charge in [-0.1, -0.05) is 11.3 Å². The highest BCUT2D eigenvalue weighted by Crippen LogP contribution is 2.24. The first-order valence-corrected chi connectivity index (χ1v) is 8.84. The number of hydrogen-bond acceptors (Lipinski definition) is 5. The van der Waals surface area contributed by atoms with Gasteiger partial charge in [0.1, 0.15) is 10.7 Å². The van der Waals surface area contributed by atoms with Gasteiger partial charge in [0.15, 0.2) is 0 Å². The van der Waals surface area contributed by atoms with Gasteiger partial charge in [0.05, 0.1) is 0 Å². The summed E-state index contributed by atoms with van der Waals surface area (Å²) in [6.07, 6.45) is 0. The van der Waals surface area contributed by atoms with E-state index >= 15 is 0 Å². The molecule has 0 atom stereocenters. The Bertz CT molecular complexity index is 861. The van der Waals surface area contributed by atoms with Crippen molar-refractivity contribution in [1.29, 1.82) is 0 Å². The van der Waals surface area contributed by atoms with Crippen LogP contribution in [0.2, 0.25) is 0 Å². The van der Waals surface area contributed by atoms with Crippen LogP contribution < -0.4 is 10.2 Å². The molecule has 0 radical (unpaired) electrons. The molecule has 0 saturated heterocycles. The van der Waals surface area contributed by atoms with Crippen LogP contribution in [0, 0.1) is 13.8 Å². The van der Waals surface area contributed by atoms with Gasteiger partial charge in [-0.25, -0.2) is 0 Å². The molecule has 7 heteroatoms. The van der Waals surface area contributed by atoms with Gasteiger partial charge in [-0.15, -0.1) is 10.2 Å². The van der Waals surface area contributed by atoms with Gasteiger partial charge in [0, 0.05) is 30.2 Å². The predicted molar refractivity (Wildman–Crippen MR) is 98.3 cm³/mol. The van der Waals surface area contributed by atoms with Gasteiger partial charge in [0.2, 0.25) is 4.96 Å². The van der Waals surface area contributed by atoms with Crippen molar-refractivity contribution in [2.45, 2.75) is 27.7 Å². The number of aryl methyl sites for hydroxylation is 2. The Kier molecular flexibility index (Phi) is 4.53. The van der Waals surface area contributed by atoms with Crippen LogP contribution in [0.3, 0.4) is 0 Å². The number of aromatic nitrogens is 3. The molecule has 0 unspecified atom stereocenters. The van der Waals surface area contributed by atoms with Crippen molar-refractivity contribution in [3.8, 4) is 0 Å². The van der Waals surface area contributed by atoms with Gasteiger partial charge >= 0.3 is 0 Å². The van der Waals surface area contributed by atoms with E-state index in [1.807, 2.05) is 42.5 Å². The molecule has 1 N–H and O–H groups in total. The first-order valence-electron chi connectivity index (χ1n) is 8.02. The summed E-state index contributed by atoms with van der Waals surface area (Å²) in [5.41, 5.74) is 2.82. The topological polar surface area (TPSA) is 62.5 Å². The second kappa shape index (κ2) is 6.60. The molecule has 1 aromatic carbocycles. The number of hydrogen-bond donors (Lipinski definition) is 1. The monoisotopic (exact) mass is 343 g/mol. The van der Waals surface area contributed by atoms with Crippen molar-refractivity contribution in [3.05, 3.63) is 40.7 Å². The number of carbonyl (C=O) groups is 1. The predicted octanol–water partition coefficient (Wildman–Crippen LogP) is 3.51. The van der Waals surface area contributed by atoms with E-state index in [1.54, 1.807) is 0 Å². The lowest BCUT2D eigenvalue weighted by Gasteiger charge is -2.21. The van der Waals surface area contributed by atoms with E-state index in [-0.39, 0.29) is 5.91 Å². The molecule has 0 saturated carbocycles. The van der Waals surface area contributed by atoms with Crippen LogP contribution >= 0.6 is 11.3 Å². The van der Waals surface area contributed by atoms with Crippen molar-refractivity contribution >= 4 is 33.6 Å². The Morgan fingerprint density at radius 2 is 1.83 bits per heavy atom. The summed E-state index contributed by atoms with van der Waals surface area (Å²) < 4.78 is 1.91. The fraction of sp³-hybridized carbons (Fsp3) is 0.353. The zero-order valence-corrected chi connectivity index (χ0v) is 15.1. The standard InChI is InChI=1S/C17H21N5OS/c1-5-21(6-2)14-9-7-13(8-10-14)18-16(23)15-11(3)22-12(4)19-20-17(22)24-15/h7-10H,5-6H2,1-4H3,(H,18,23). The molecule has 0 aliphatic heterocycles. The van der Waals surface area contributed by atoms with Crippen molar-refractivity contribution in [2.75, 3.05) is 23.3 Å². The van der Waals surface area contributed by atoms with Gasteiger partial charge in [-0.05, 0) is 52.0 Å². The number of rotatable bonds is 5. The minimum atomic E-state index is -0.113. The maximum absolute atomic E-state index is 12.6. The molecule has 3 rings (SSSR count). The highest BCUT2D eigenvalue weighted by atomic mass is 32.1. The summed E-state index contributed by atoms with van der Waals surface area (Å²) in [5.74, 6) is 0.680. The van der Waals surface area contributed by atoms with Gasteiger partial charge in [-0.3, -0.25) is 9.20 Å². The zero-order chi connectivity index (χ0) is 17.3. The third-order valence-corrected chi connectivity index (χ3v) is 5.24. The lowest BCUT2D eigenvalue weighted by atomic mass is 10.2. The maximum atomic E-state index is 12.6. The van der Waals surface area contributed by atoms with Gasteiger partial charge in [0.25, 0.3) is 5.91 Å². The van der Waals surface area contributed by atoms with Crippen molar-refractivity contribution in [2.24, 2.45) is 0 Å². The highest BCUT2D eigenvalue weighted by Gasteiger charge is 2.18. The summed E-state index contributed by atoms with van der Waals surface area (Å²) in [7, 11) is 0. The molecule has 0 bridgehead atoms. The van der Waals surface area contributed by atoms with E-state index in [4.69, 9.17) is 0 Å². The molecule has 0 aliphatic carbocycles. The molecule has 24 heavy (non-hydrogen) atoms. The van der Waals surface area contributed by atoms with Crippen molar-refractivity contribution in [3.63, 3.8) is 0 Å². The Labute approximate surface area is 145 Å². The number of amides is 1. The van der Waals surface area contributed by atoms with Crippen LogP contribution in [-0.2, 0) is 0 Å². The first kappa shape index (κ1) is 16.4. The molecule has 0 aliphatic rings. The molecule has 6 nitrogen and oxygen atoms in total. The van der Waals surface area contributed by atoms with E-state index in [0.29, 0.717) is 4.88 Å². The van der Waals surface area contributed by atoms with Crippen LogP contribution in [0.5, 0.6) is 0 Å². The van der Waals surface area contributed by atoms with Crippen LogP contribution in [-0.4, -0.2) is 33.6 Å². The lowest BCUT2D eigenvalue weighted by molar-refractivity contribution is 0.102. The van der Waals surface area contributed by atoms with E-state index in [2.05, 4.69) is 34.3 Å². The zero-order valence-electron chi connectivity index (χ0n) is 14.3. The fourth-order valence-corrected chi connectivity index (χ4v) is 3.81. The lowest BCUT2D eigenvalue weighted by Crippen LogP contribution is -2.21. The molecular formula is C17H21N5OS. The van der Waals surface area contributed by atoms with E-state index in [9.17, 15) is 4.79 Å². The average molecular weight is 343 g/mol. The number of nitrogens with one attached hydrogen (secondary N) is 1. The molecule has 2 aromatic heterocycles. The van der Waals surface area contributed by atoms with Crippen LogP contribution in [0.15, 0.2) is 24.3 Å². The fourth-order valence-electron chi connectivity index (χ4n) is 2.80. The summed E-state index contributed by atoms with van der Waals surface area (Å²) in [5, 5.41) is 11.1. The quantitative estimate of drug-likeness (QED) is 0.770. The number of anilines is 2. The van der Waals surface area contributed by atoms with Gasteiger partial charge in [-0.2, -0.15) is 0 Å². The SMILES string of the molecule is CCN(CC)c1ccc(NC(=O)c2sc3nnc(C)n3c2C)cc1. The molecule has 0 fully saturated rings. The molecule has 2 heterocycles. The van der Waals surface area contributed by atoms with E-state index in [1.165, 1.54) is 11.3 Å². The van der Waals surface area contributed by atoms with Gasteiger partial charge < -0.3 is 10.2 Å². The molecule has 0 spiro atoms. The van der Waals surface area contributed by atoms with E-state index in [0.717, 1.165) is 40.9 Å². The third kappa shape index (κ3) is 2.87. The first-order chi connectivity index (χ1) is 11.5. The largest absolute Gasteiger partial charge is 0.372 e. The summed E-state index contributed by atoms with van der Waals surface area (Å²) in [6.45, 7) is 9.98. The average Bonchev–Trinajstić information content (AvgIpc) is 3.11. The van der Waals surface area contributed by atoms with E-state index < -0.39 is 0 Å². The Balaban J connectivity index is 1.80. The highest BCUT2D eigenvalue weighted by molar-refractivity contribution is 7.19. The second-order valence-electron chi connectivity index (χ2n) is 5.56. The minimum absolute atomic E-state index is 0.113.